The summed E-state index contributed by atoms with van der Waals surface area (Å²) in [7, 11) is 0. The van der Waals surface area contributed by atoms with Crippen LogP contribution in [0.5, 0.6) is 0 Å². The molecular weight excluding hydrogens is 887 g/mol. The molecule has 0 saturated heterocycles. The van der Waals surface area contributed by atoms with Crippen LogP contribution in [-0.2, 0) is 14.3 Å². The molecule has 3 N–H and O–H groups in total. The van der Waals surface area contributed by atoms with Gasteiger partial charge in [-0.25, -0.2) is 0 Å². The van der Waals surface area contributed by atoms with Crippen LogP contribution < -0.4 is 5.32 Å². The number of amides is 1. The quantitative estimate of drug-likeness (QED) is 0.0320. The van der Waals surface area contributed by atoms with Gasteiger partial charge in [-0.05, 0) is 57.8 Å². The summed E-state index contributed by atoms with van der Waals surface area (Å²) in [6.45, 7) is 4.88. The molecule has 0 aromatic carbocycles. The van der Waals surface area contributed by atoms with Crippen molar-refractivity contribution in [2.45, 2.75) is 360 Å². The van der Waals surface area contributed by atoms with E-state index in [1.165, 1.54) is 270 Å². The third kappa shape index (κ3) is 57.4. The van der Waals surface area contributed by atoms with Crippen molar-refractivity contribution in [3.05, 3.63) is 36.5 Å². The number of esters is 1. The zero-order valence-corrected chi connectivity index (χ0v) is 48.4. The van der Waals surface area contributed by atoms with Gasteiger partial charge in [0.05, 0.1) is 25.4 Å². The second-order valence-electron chi connectivity index (χ2n) is 22.1. The number of carbonyl (C=O) groups excluding carboxylic acids is 2. The predicted octanol–water partition coefficient (Wildman–Crippen LogP) is 20.4. The Bertz CT molecular complexity index is 1170. The number of allylic oxidation sites excluding steroid dienone is 5. The Hall–Kier alpha value is -1.92. The second-order valence-corrected chi connectivity index (χ2v) is 22.1. The van der Waals surface area contributed by atoms with E-state index in [-0.39, 0.29) is 18.5 Å². The highest BCUT2D eigenvalue weighted by Gasteiger charge is 2.18. The minimum atomic E-state index is -0.844. The molecule has 0 aromatic rings. The van der Waals surface area contributed by atoms with Gasteiger partial charge < -0.3 is 20.3 Å². The molecule has 0 saturated carbocycles. The number of nitrogens with one attached hydrogen (secondary N) is 1. The topological polar surface area (TPSA) is 95.9 Å². The Morgan fingerprint density at radius 3 is 1.10 bits per heavy atom. The maximum atomic E-state index is 12.5. The van der Waals surface area contributed by atoms with Crippen molar-refractivity contribution in [1.82, 2.24) is 5.32 Å². The molecule has 0 aliphatic heterocycles. The van der Waals surface area contributed by atoms with Crippen molar-refractivity contribution in [3.8, 4) is 0 Å². The van der Waals surface area contributed by atoms with Crippen LogP contribution in [0.25, 0.3) is 0 Å². The lowest BCUT2D eigenvalue weighted by molar-refractivity contribution is -0.143. The fourth-order valence-electron chi connectivity index (χ4n) is 9.95. The van der Waals surface area contributed by atoms with E-state index < -0.39 is 12.1 Å². The SMILES string of the molecule is CCCC/C=C\C/C=C\CCCCCCCC(=O)OCCCCCCCCCCCCCCCCCCCCCCCCCCC(=O)NC(CO)C(O)/C=C/CCCCCCCCCCCCCCCCC. The molecule has 0 fully saturated rings. The van der Waals surface area contributed by atoms with Crippen LogP contribution in [0.3, 0.4) is 0 Å². The molecule has 0 rings (SSSR count). The number of hydrogen-bond donors (Lipinski definition) is 3. The van der Waals surface area contributed by atoms with Crippen molar-refractivity contribution in [2.24, 2.45) is 0 Å². The van der Waals surface area contributed by atoms with Crippen LogP contribution in [0.2, 0.25) is 0 Å². The number of unbranched alkanes of at least 4 members (excludes halogenated alkanes) is 45. The first-order valence-corrected chi connectivity index (χ1v) is 32.3. The van der Waals surface area contributed by atoms with E-state index in [0.717, 1.165) is 51.4 Å². The molecule has 72 heavy (non-hydrogen) atoms. The highest BCUT2D eigenvalue weighted by atomic mass is 16.5. The molecule has 6 heteroatoms. The van der Waals surface area contributed by atoms with E-state index >= 15 is 0 Å². The molecule has 2 atom stereocenters. The van der Waals surface area contributed by atoms with Crippen molar-refractivity contribution < 1.29 is 24.5 Å². The Morgan fingerprint density at radius 1 is 0.389 bits per heavy atom. The van der Waals surface area contributed by atoms with Gasteiger partial charge in [0.2, 0.25) is 5.91 Å². The first-order valence-electron chi connectivity index (χ1n) is 32.3. The lowest BCUT2D eigenvalue weighted by atomic mass is 10.0. The highest BCUT2D eigenvalue weighted by molar-refractivity contribution is 5.76. The average molecular weight is 1010 g/mol. The summed E-state index contributed by atoms with van der Waals surface area (Å²) in [5.41, 5.74) is 0. The van der Waals surface area contributed by atoms with E-state index in [9.17, 15) is 19.8 Å². The molecule has 0 aromatic heterocycles. The number of carbonyl (C=O) groups is 2. The molecule has 6 nitrogen and oxygen atoms in total. The smallest absolute Gasteiger partial charge is 0.305 e. The van der Waals surface area contributed by atoms with Crippen molar-refractivity contribution >= 4 is 11.9 Å². The lowest BCUT2D eigenvalue weighted by Gasteiger charge is -2.20. The minimum absolute atomic E-state index is 0.000442. The first-order chi connectivity index (χ1) is 35.5. The summed E-state index contributed by atoms with van der Waals surface area (Å²) < 4.78 is 5.48. The van der Waals surface area contributed by atoms with E-state index in [1.54, 1.807) is 6.08 Å². The second kappa shape index (κ2) is 61.6. The Morgan fingerprint density at radius 2 is 0.708 bits per heavy atom. The standard InChI is InChI=1S/C66H125NO5/c1-3-5-7-9-11-13-15-17-19-28-31-34-38-42-46-50-54-58-64(69)63(62-68)67-65(70)59-55-51-47-43-39-35-32-29-26-24-22-20-21-23-25-27-30-33-37-41-45-49-53-57-61-72-66(71)60-56-52-48-44-40-36-18-16-14-12-10-8-6-4-2/h10,12,16,18,54,58,63-64,68-69H,3-9,11,13-15,17,19-53,55-57,59-62H2,1-2H3,(H,67,70)/b12-10-,18-16-,58-54+. The fraction of sp³-hybridized carbons (Fsp3) is 0.879. The molecule has 0 heterocycles. The lowest BCUT2D eigenvalue weighted by Crippen LogP contribution is -2.45. The van der Waals surface area contributed by atoms with Gasteiger partial charge in [0.25, 0.3) is 0 Å². The van der Waals surface area contributed by atoms with Crippen LogP contribution in [0.1, 0.15) is 348 Å². The molecule has 0 aliphatic rings. The molecule has 424 valence electrons. The Balaban J connectivity index is 3.40. The van der Waals surface area contributed by atoms with Gasteiger partial charge in [0, 0.05) is 12.8 Å². The number of ether oxygens (including phenoxy) is 1. The molecule has 0 radical (unpaired) electrons. The van der Waals surface area contributed by atoms with Gasteiger partial charge in [-0.15, -0.1) is 0 Å². The predicted molar refractivity (Wildman–Crippen MR) is 315 cm³/mol. The molecular formula is C66H125NO5. The first kappa shape index (κ1) is 70.1. The van der Waals surface area contributed by atoms with Crippen LogP contribution in [0.15, 0.2) is 36.5 Å². The van der Waals surface area contributed by atoms with E-state index in [1.807, 2.05) is 6.08 Å². The Kier molecular flexibility index (Phi) is 60.0. The van der Waals surface area contributed by atoms with E-state index in [4.69, 9.17) is 4.74 Å². The van der Waals surface area contributed by atoms with Crippen molar-refractivity contribution in [2.75, 3.05) is 13.2 Å². The monoisotopic (exact) mass is 1010 g/mol. The highest BCUT2D eigenvalue weighted by Crippen LogP contribution is 2.18. The zero-order valence-electron chi connectivity index (χ0n) is 48.4. The van der Waals surface area contributed by atoms with Gasteiger partial charge >= 0.3 is 5.97 Å². The van der Waals surface area contributed by atoms with Gasteiger partial charge in [0.15, 0.2) is 0 Å². The third-order valence-electron chi connectivity index (χ3n) is 14.9. The number of rotatable bonds is 60. The summed E-state index contributed by atoms with van der Waals surface area (Å²) in [6.07, 6.45) is 77.6. The van der Waals surface area contributed by atoms with Crippen molar-refractivity contribution in [1.29, 1.82) is 0 Å². The summed E-state index contributed by atoms with van der Waals surface area (Å²) in [5, 5.41) is 23.2. The van der Waals surface area contributed by atoms with Gasteiger partial charge in [-0.2, -0.15) is 0 Å². The molecule has 0 bridgehead atoms. The van der Waals surface area contributed by atoms with Crippen LogP contribution in [0.4, 0.5) is 0 Å². The maximum Gasteiger partial charge on any atom is 0.305 e. The normalized spacial score (nSPS) is 12.8. The molecule has 0 spiro atoms. The molecule has 0 aliphatic carbocycles. The molecule has 2 unspecified atom stereocenters. The van der Waals surface area contributed by atoms with Gasteiger partial charge in [-0.1, -0.05) is 314 Å². The summed E-state index contributed by atoms with van der Waals surface area (Å²) >= 11 is 0. The van der Waals surface area contributed by atoms with E-state index in [2.05, 4.69) is 43.5 Å². The van der Waals surface area contributed by atoms with Crippen molar-refractivity contribution in [3.63, 3.8) is 0 Å². The average Bonchev–Trinajstić information content (AvgIpc) is 3.38. The fourth-order valence-corrected chi connectivity index (χ4v) is 9.95. The maximum absolute atomic E-state index is 12.5. The van der Waals surface area contributed by atoms with Gasteiger partial charge in [0.1, 0.15) is 0 Å². The van der Waals surface area contributed by atoms with Gasteiger partial charge in [-0.3, -0.25) is 9.59 Å². The summed E-state index contributed by atoms with van der Waals surface area (Å²) in [4.78, 5) is 24.5. The van der Waals surface area contributed by atoms with Crippen LogP contribution in [-0.4, -0.2) is 47.4 Å². The summed E-state index contributed by atoms with van der Waals surface area (Å²) in [5.74, 6) is -0.0644. The molecule has 1 amide bonds. The van der Waals surface area contributed by atoms with E-state index in [0.29, 0.717) is 19.4 Å². The third-order valence-corrected chi connectivity index (χ3v) is 14.9. The summed E-state index contributed by atoms with van der Waals surface area (Å²) in [6, 6.07) is -0.627. The van der Waals surface area contributed by atoms with Crippen LogP contribution in [0, 0.1) is 0 Å². The Labute approximate surface area is 449 Å². The minimum Gasteiger partial charge on any atom is -0.466 e. The largest absolute Gasteiger partial charge is 0.466 e. The zero-order chi connectivity index (χ0) is 52.2. The number of hydrogen-bond acceptors (Lipinski definition) is 5. The number of aliphatic hydroxyl groups is 2. The number of aliphatic hydroxyl groups excluding tert-OH is 2. The van der Waals surface area contributed by atoms with Crippen LogP contribution >= 0.6 is 0 Å².